The molecule has 5 aromatic carbocycles. The van der Waals surface area contributed by atoms with Crippen LogP contribution < -0.4 is 54.2 Å². The van der Waals surface area contributed by atoms with Crippen molar-refractivity contribution in [1.82, 2.24) is 31.9 Å². The van der Waals surface area contributed by atoms with Crippen LogP contribution in [0, 0.1) is 5.92 Å². The summed E-state index contributed by atoms with van der Waals surface area (Å²) >= 11 is 25.7. The third-order valence-corrected chi connectivity index (χ3v) is 18.2. The number of hydrogen-bond acceptors (Lipinski definition) is 19. The van der Waals surface area contributed by atoms with Gasteiger partial charge in [0.25, 0.3) is 34.1 Å². The Morgan fingerprint density at radius 3 is 1.21 bits per heavy atom. The minimum atomic E-state index is -3.76. The van der Waals surface area contributed by atoms with Gasteiger partial charge in [-0.3, -0.25) is 43.2 Å². The van der Waals surface area contributed by atoms with E-state index in [4.69, 9.17) is 78.2 Å². The Morgan fingerprint density at radius 2 is 0.847 bits per heavy atom. The van der Waals surface area contributed by atoms with Crippen LogP contribution >= 0.6 is 93.5 Å². The van der Waals surface area contributed by atoms with Gasteiger partial charge in [-0.25, -0.2) is 23.1 Å². The van der Waals surface area contributed by atoms with E-state index in [1.165, 1.54) is 19.1 Å². The lowest BCUT2D eigenvalue weighted by Crippen LogP contribution is -2.48. The molecule has 0 aliphatic heterocycles. The van der Waals surface area contributed by atoms with Gasteiger partial charge in [0.15, 0.2) is 0 Å². The number of alkyl halides is 4. The molecule has 25 nitrogen and oxygen atoms in total. The number of hydrogen-bond donors (Lipinski definition) is 10. The maximum absolute atomic E-state index is 12.6. The van der Waals surface area contributed by atoms with Crippen molar-refractivity contribution in [3.63, 3.8) is 0 Å². The molecule has 0 spiro atoms. The maximum Gasteiger partial charge on any atom is 0.372 e. The molecular weight excluding hydrogens is 1450 g/mol. The number of thioether (sulfide) groups is 4. The summed E-state index contributed by atoms with van der Waals surface area (Å²) in [6.45, 7) is 6.70. The predicted octanol–water partition coefficient (Wildman–Crippen LogP) is 10.1. The average molecular weight is 1530 g/mol. The number of nitrogens with one attached hydrogen (secondary N) is 6. The molecule has 0 aromatic heterocycles. The second-order valence-electron chi connectivity index (χ2n) is 20.3. The van der Waals surface area contributed by atoms with Gasteiger partial charge in [0.2, 0.25) is 27.7 Å². The number of rotatable bonds is 33. The van der Waals surface area contributed by atoms with Gasteiger partial charge >= 0.3 is 10.6 Å². The van der Waals surface area contributed by atoms with Crippen LogP contribution in [0.2, 0.25) is 0 Å². The molecule has 9 amide bonds. The van der Waals surface area contributed by atoms with Crippen LogP contribution in [0.3, 0.4) is 0 Å². The van der Waals surface area contributed by atoms with Gasteiger partial charge in [-0.05, 0) is 165 Å². The first-order valence-corrected chi connectivity index (χ1v) is 37.0. The highest BCUT2D eigenvalue weighted by atomic mass is 35.5. The number of primary sulfonamides is 1. The van der Waals surface area contributed by atoms with Gasteiger partial charge in [-0.2, -0.15) is 0 Å². The molecule has 0 aliphatic rings. The smallest absolute Gasteiger partial charge is 0.372 e. The van der Waals surface area contributed by atoms with Crippen molar-refractivity contribution in [3.05, 3.63) is 149 Å². The van der Waals surface area contributed by atoms with Crippen LogP contribution in [-0.2, 0) is 40.4 Å². The lowest BCUT2D eigenvalue weighted by Gasteiger charge is -2.21. The van der Waals surface area contributed by atoms with Crippen molar-refractivity contribution in [2.45, 2.75) is 109 Å². The number of ether oxygens (including phenoxy) is 2. The molecule has 2 unspecified atom stereocenters. The summed E-state index contributed by atoms with van der Waals surface area (Å²) < 4.78 is 32.8. The fraction of sp³-hybridized carbons (Fsp3) is 0.359. The second kappa shape index (κ2) is 49.3. The fourth-order valence-electron chi connectivity index (χ4n) is 7.33. The molecular formula is C64H80Cl4N10O15S5. The molecule has 0 bridgehead atoms. The van der Waals surface area contributed by atoms with Crippen LogP contribution in [0.5, 0.6) is 0 Å². The summed E-state index contributed by atoms with van der Waals surface area (Å²) in [7, 11) is -3.76. The zero-order chi connectivity index (χ0) is 73.0. The summed E-state index contributed by atoms with van der Waals surface area (Å²) in [5, 5.41) is 19.2. The molecule has 0 fully saturated rings. The number of nitrogens with two attached hydrogens (primary N) is 4. The van der Waals surface area contributed by atoms with Crippen LogP contribution in [0.15, 0.2) is 146 Å². The number of carbonyl (C=O) groups excluding carboxylic acids is 11. The number of halogens is 4. The summed E-state index contributed by atoms with van der Waals surface area (Å²) in [6, 6.07) is 31.0. The van der Waals surface area contributed by atoms with E-state index < -0.39 is 68.2 Å². The van der Waals surface area contributed by atoms with E-state index in [0.29, 0.717) is 116 Å². The molecule has 0 saturated heterocycles. The maximum atomic E-state index is 12.6. The summed E-state index contributed by atoms with van der Waals surface area (Å²) in [6.07, 6.45) is 4.94. The largest absolute Gasteiger partial charge is 0.457 e. The Hall–Kier alpha value is -7.26. The summed E-state index contributed by atoms with van der Waals surface area (Å²) in [4.78, 5) is 132. The first kappa shape index (κ1) is 86.8. The first-order chi connectivity index (χ1) is 46.7. The van der Waals surface area contributed by atoms with Gasteiger partial charge in [0.05, 0.1) is 46.9 Å². The Bertz CT molecular complexity index is 3550. The molecule has 0 aliphatic carbocycles. The van der Waals surface area contributed by atoms with Crippen molar-refractivity contribution < 1.29 is 70.6 Å². The van der Waals surface area contributed by atoms with Crippen LogP contribution in [0.4, 0.5) is 19.2 Å². The fourth-order valence-corrected chi connectivity index (χ4v) is 11.6. The Morgan fingerprint density at radius 1 is 0.469 bits per heavy atom. The van der Waals surface area contributed by atoms with E-state index in [1.807, 2.05) is 13.8 Å². The van der Waals surface area contributed by atoms with Crippen molar-refractivity contribution >= 4 is 166 Å². The van der Waals surface area contributed by atoms with E-state index in [1.54, 1.807) is 109 Å². The molecule has 14 N–H and O–H groups in total. The van der Waals surface area contributed by atoms with Crippen molar-refractivity contribution in [2.75, 3.05) is 56.4 Å². The lowest BCUT2D eigenvalue weighted by atomic mass is 9.98. The van der Waals surface area contributed by atoms with Crippen molar-refractivity contribution in [2.24, 2.45) is 28.3 Å². The molecule has 5 rings (SSSR count). The highest BCUT2D eigenvalue weighted by molar-refractivity contribution is 8.14. The number of sulfonamides is 1. The van der Waals surface area contributed by atoms with Crippen molar-refractivity contribution in [3.8, 4) is 0 Å². The van der Waals surface area contributed by atoms with Gasteiger partial charge in [-0.1, -0.05) is 80.9 Å². The third kappa shape index (κ3) is 35.5. The molecule has 0 saturated carbocycles. The molecule has 5 aromatic rings. The zero-order valence-corrected chi connectivity index (χ0v) is 60.9. The number of benzene rings is 5. The average Bonchev–Trinajstić information content (AvgIpc) is 0.886. The number of unbranched alkanes of at least 4 members (excludes halogenated alkanes) is 2. The number of primary amides is 3. The molecule has 0 heterocycles. The van der Waals surface area contributed by atoms with Crippen LogP contribution in [0.25, 0.3) is 0 Å². The number of carbonyl (C=O) groups is 11. The van der Waals surface area contributed by atoms with E-state index >= 15 is 0 Å². The van der Waals surface area contributed by atoms with Gasteiger partial charge in [0.1, 0.15) is 12.1 Å². The standard InChI is InChI=1S/C19H21ClN2O5S2.C18H25ClN2O4S.C14H18ClN3O3S.C13H16ClN3O3S/c20-11-3-4-12-27-19(24)28-17-6-2-1-5-16(17)18(23)22-13-14-7-9-15(10-8-14)29(21,25)26;1-3-12(2)15(16(20)22)21-17(23)13-8-4-5-9-14(13)26-18(24)25-11-7-6-10-19;1-9(12(16)19)18-13(20)10-5-2-3-6-11(10)22-14(21)17-8-4-7-15;14-6-3-7-16-13(20)21-10-5-2-1-4-9(10)12(19)17-8-11(15)18/h1-2,5-10H,3-4,11-13H2,(H,22,23)(H2,21,25,26);4-5,8-9,12,15H,3,6-7,10-11H2,1-2H3,(H2,20,22)(H,21,23);2-3,5-6,9H,4,7-8H2,1H3,(H2,16,19)(H,17,21)(H,18,20);1-2,4-5H,3,6-8H2,(H2,15,18)(H,16,20)(H,17,19)/t;;9-;/m..0./s1. The molecule has 98 heavy (non-hydrogen) atoms. The van der Waals surface area contributed by atoms with Crippen molar-refractivity contribution in [1.29, 1.82) is 0 Å². The molecule has 0 radical (unpaired) electrons. The normalized spacial score (nSPS) is 11.4. The van der Waals surface area contributed by atoms with Crippen LogP contribution in [-0.4, -0.2) is 139 Å². The lowest BCUT2D eigenvalue weighted by molar-refractivity contribution is -0.121. The van der Waals surface area contributed by atoms with E-state index in [2.05, 4.69) is 31.9 Å². The van der Waals surface area contributed by atoms with Gasteiger partial charge in [-0.15, -0.1) is 46.4 Å². The summed E-state index contributed by atoms with van der Waals surface area (Å²) in [5.41, 5.74) is 17.5. The quantitative estimate of drug-likeness (QED) is 0.00807. The Labute approximate surface area is 606 Å². The zero-order valence-electron chi connectivity index (χ0n) is 53.8. The highest BCUT2D eigenvalue weighted by Gasteiger charge is 2.26. The Balaban J connectivity index is 0.000000448. The minimum absolute atomic E-state index is 0.00104. The first-order valence-electron chi connectivity index (χ1n) is 30.1. The monoisotopic (exact) mass is 1530 g/mol. The summed E-state index contributed by atoms with van der Waals surface area (Å²) in [5.74, 6) is -1.70. The van der Waals surface area contributed by atoms with E-state index in [0.717, 1.165) is 59.9 Å². The second-order valence-corrected chi connectivity index (χ2v) is 27.3. The van der Waals surface area contributed by atoms with E-state index in [9.17, 15) is 61.2 Å². The van der Waals surface area contributed by atoms with Crippen LogP contribution in [0.1, 0.15) is 113 Å². The van der Waals surface area contributed by atoms with E-state index in [-0.39, 0.29) is 53.5 Å². The van der Waals surface area contributed by atoms with Gasteiger partial charge < -0.3 is 58.6 Å². The Kier molecular flexibility index (Phi) is 43.7. The third-order valence-electron chi connectivity index (χ3n) is 12.7. The minimum Gasteiger partial charge on any atom is -0.457 e. The molecule has 34 heteroatoms. The predicted molar refractivity (Wildman–Crippen MR) is 386 cm³/mol. The molecule has 3 atom stereocenters. The SMILES string of the molecule is CCC(C)C(NC(=O)c1ccccc1SC(=O)OCCCCCl)C(N)=O.C[C@H](NC(=O)c1ccccc1SC(=O)NCCCCl)C(N)=O.NC(=O)CNC(=O)c1ccccc1SC(=O)NCCCCl.NS(=O)(=O)c1ccc(CNC(=O)c2ccccc2SC(=O)OCCCCCl)cc1. The highest BCUT2D eigenvalue weighted by Crippen LogP contribution is 2.28. The van der Waals surface area contributed by atoms with Gasteiger partial charge in [0, 0.05) is 62.7 Å². The molecule has 534 valence electrons. The topological polar surface area (TPSA) is 417 Å². The number of amides is 9.